The molecule has 0 radical (unpaired) electrons. The van der Waals surface area contributed by atoms with E-state index in [0.717, 1.165) is 24.3 Å². The second kappa shape index (κ2) is 6.07. The molecular formula is C13H17NO2S. The quantitative estimate of drug-likeness (QED) is 0.829. The fourth-order valence-electron chi connectivity index (χ4n) is 2.10. The van der Waals surface area contributed by atoms with Crippen LogP contribution in [0.1, 0.15) is 12.8 Å². The molecule has 0 saturated carbocycles. The van der Waals surface area contributed by atoms with Crippen LogP contribution >= 0.6 is 11.8 Å². The molecule has 1 N–H and O–H groups in total. The zero-order chi connectivity index (χ0) is 12.1. The molecule has 1 aromatic rings. The number of carbonyl (C=O) groups is 1. The lowest BCUT2D eigenvalue weighted by molar-refractivity contribution is -0.129. The van der Waals surface area contributed by atoms with Gasteiger partial charge in [0.25, 0.3) is 0 Å². The van der Waals surface area contributed by atoms with Gasteiger partial charge in [0.05, 0.1) is 18.4 Å². The molecule has 1 amide bonds. The molecule has 3 nitrogen and oxygen atoms in total. The molecule has 1 atom stereocenters. The zero-order valence-corrected chi connectivity index (χ0v) is 10.5. The summed E-state index contributed by atoms with van der Waals surface area (Å²) in [6, 6.07) is 9.96. The van der Waals surface area contributed by atoms with Crippen LogP contribution in [0.5, 0.6) is 0 Å². The number of hydrogen-bond donors (Lipinski definition) is 1. The number of carbonyl (C=O) groups excluding carboxylic acids is 1. The Morgan fingerprint density at radius 1 is 1.41 bits per heavy atom. The second-order valence-electron chi connectivity index (χ2n) is 4.17. The van der Waals surface area contributed by atoms with Gasteiger partial charge < -0.3 is 10.0 Å². The van der Waals surface area contributed by atoms with Crippen LogP contribution in [0, 0.1) is 0 Å². The van der Waals surface area contributed by atoms with Crippen LogP contribution in [0.15, 0.2) is 35.2 Å². The largest absolute Gasteiger partial charge is 0.394 e. The van der Waals surface area contributed by atoms with Gasteiger partial charge in [0.1, 0.15) is 0 Å². The highest BCUT2D eigenvalue weighted by atomic mass is 32.2. The molecule has 1 heterocycles. The van der Waals surface area contributed by atoms with Crippen LogP contribution in [-0.4, -0.2) is 40.9 Å². The smallest absolute Gasteiger partial charge is 0.233 e. The Bertz CT molecular complexity index is 369. The van der Waals surface area contributed by atoms with Gasteiger partial charge in [-0.15, -0.1) is 11.8 Å². The van der Waals surface area contributed by atoms with E-state index in [4.69, 9.17) is 5.11 Å². The number of aliphatic hydroxyl groups is 1. The first kappa shape index (κ1) is 12.5. The van der Waals surface area contributed by atoms with Gasteiger partial charge in [-0.25, -0.2) is 0 Å². The van der Waals surface area contributed by atoms with Crippen molar-refractivity contribution in [3.05, 3.63) is 30.3 Å². The highest BCUT2D eigenvalue weighted by Crippen LogP contribution is 2.21. The first-order valence-electron chi connectivity index (χ1n) is 5.89. The van der Waals surface area contributed by atoms with Crippen molar-refractivity contribution in [2.24, 2.45) is 0 Å². The molecule has 4 heteroatoms. The lowest BCUT2D eigenvalue weighted by atomic mass is 10.2. The van der Waals surface area contributed by atoms with Gasteiger partial charge in [-0.3, -0.25) is 4.79 Å². The molecule has 17 heavy (non-hydrogen) atoms. The minimum atomic E-state index is 0.0406. The summed E-state index contributed by atoms with van der Waals surface area (Å²) in [5.41, 5.74) is 0. The van der Waals surface area contributed by atoms with Crippen LogP contribution in [0.3, 0.4) is 0 Å². The number of rotatable bonds is 4. The summed E-state index contributed by atoms with van der Waals surface area (Å²) >= 11 is 1.56. The lowest BCUT2D eigenvalue weighted by Crippen LogP contribution is -2.38. The number of amides is 1. The maximum atomic E-state index is 12.0. The third-order valence-electron chi connectivity index (χ3n) is 3.01. The van der Waals surface area contributed by atoms with Crippen molar-refractivity contribution in [3.8, 4) is 0 Å². The molecular weight excluding hydrogens is 234 g/mol. The number of thioether (sulfide) groups is 1. The Kier molecular flexibility index (Phi) is 4.45. The van der Waals surface area contributed by atoms with Crippen molar-refractivity contribution >= 4 is 17.7 Å². The Balaban J connectivity index is 1.85. The van der Waals surface area contributed by atoms with Gasteiger partial charge in [0.15, 0.2) is 0 Å². The predicted molar refractivity (Wildman–Crippen MR) is 69.0 cm³/mol. The molecule has 0 unspecified atom stereocenters. The van der Waals surface area contributed by atoms with Gasteiger partial charge in [-0.1, -0.05) is 18.2 Å². The maximum Gasteiger partial charge on any atom is 0.233 e. The molecule has 1 fully saturated rings. The fraction of sp³-hybridized carbons (Fsp3) is 0.462. The second-order valence-corrected chi connectivity index (χ2v) is 5.22. The average molecular weight is 251 g/mol. The van der Waals surface area contributed by atoms with E-state index in [0.29, 0.717) is 5.75 Å². The van der Waals surface area contributed by atoms with E-state index < -0.39 is 0 Å². The molecule has 92 valence electrons. The topological polar surface area (TPSA) is 40.5 Å². The van der Waals surface area contributed by atoms with Crippen LogP contribution in [0.2, 0.25) is 0 Å². The van der Waals surface area contributed by atoms with Crippen LogP contribution in [0.4, 0.5) is 0 Å². The van der Waals surface area contributed by atoms with Crippen molar-refractivity contribution in [2.75, 3.05) is 18.9 Å². The van der Waals surface area contributed by atoms with E-state index in [1.807, 2.05) is 35.2 Å². The fourth-order valence-corrected chi connectivity index (χ4v) is 2.90. The van der Waals surface area contributed by atoms with Crippen LogP contribution in [0.25, 0.3) is 0 Å². The first-order chi connectivity index (χ1) is 8.31. The summed E-state index contributed by atoms with van der Waals surface area (Å²) < 4.78 is 0. The summed E-state index contributed by atoms with van der Waals surface area (Å²) in [6.45, 7) is 0.876. The third kappa shape index (κ3) is 3.23. The Morgan fingerprint density at radius 2 is 2.18 bits per heavy atom. The van der Waals surface area contributed by atoms with Crippen molar-refractivity contribution < 1.29 is 9.90 Å². The lowest BCUT2D eigenvalue weighted by Gasteiger charge is -2.22. The molecule has 1 saturated heterocycles. The summed E-state index contributed by atoms with van der Waals surface area (Å²) in [5, 5.41) is 9.17. The molecule has 0 aliphatic carbocycles. The summed E-state index contributed by atoms with van der Waals surface area (Å²) in [4.78, 5) is 14.9. The van der Waals surface area contributed by atoms with Gasteiger partial charge >= 0.3 is 0 Å². The van der Waals surface area contributed by atoms with E-state index in [9.17, 15) is 4.79 Å². The van der Waals surface area contributed by atoms with Crippen LogP contribution in [-0.2, 0) is 4.79 Å². The summed E-state index contributed by atoms with van der Waals surface area (Å²) in [5.74, 6) is 0.593. The van der Waals surface area contributed by atoms with E-state index >= 15 is 0 Å². The van der Waals surface area contributed by atoms with Crippen LogP contribution < -0.4 is 0 Å². The number of hydrogen-bond acceptors (Lipinski definition) is 3. The molecule has 1 aromatic carbocycles. The average Bonchev–Trinajstić information content (AvgIpc) is 2.85. The highest BCUT2D eigenvalue weighted by Gasteiger charge is 2.27. The van der Waals surface area contributed by atoms with E-state index in [1.54, 1.807) is 11.8 Å². The molecule has 1 aliphatic heterocycles. The van der Waals surface area contributed by atoms with E-state index in [1.165, 1.54) is 0 Å². The van der Waals surface area contributed by atoms with E-state index in [2.05, 4.69) is 0 Å². The van der Waals surface area contributed by atoms with Gasteiger partial charge in [0, 0.05) is 11.4 Å². The van der Waals surface area contributed by atoms with Gasteiger partial charge in [-0.05, 0) is 25.0 Å². The van der Waals surface area contributed by atoms with Crippen molar-refractivity contribution in [1.82, 2.24) is 4.90 Å². The maximum absolute atomic E-state index is 12.0. The molecule has 0 spiro atoms. The van der Waals surface area contributed by atoms with Gasteiger partial charge in [0.2, 0.25) is 5.91 Å². The highest BCUT2D eigenvalue weighted by molar-refractivity contribution is 8.00. The number of benzene rings is 1. The monoisotopic (exact) mass is 251 g/mol. The van der Waals surface area contributed by atoms with E-state index in [-0.39, 0.29) is 18.6 Å². The standard InChI is InChI=1S/C13H17NO2S/c15-9-11-5-4-8-14(11)13(16)10-17-12-6-2-1-3-7-12/h1-3,6-7,11,15H,4-5,8-10H2/t11-/m0/s1. The van der Waals surface area contributed by atoms with Crippen molar-refractivity contribution in [2.45, 2.75) is 23.8 Å². The first-order valence-corrected chi connectivity index (χ1v) is 6.88. The molecule has 0 bridgehead atoms. The molecule has 0 aromatic heterocycles. The van der Waals surface area contributed by atoms with Crippen molar-refractivity contribution in [3.63, 3.8) is 0 Å². The number of aliphatic hydroxyl groups excluding tert-OH is 1. The minimum Gasteiger partial charge on any atom is -0.394 e. The SMILES string of the molecule is O=C(CSc1ccccc1)N1CCC[C@H]1CO. The minimum absolute atomic E-state index is 0.0406. The zero-order valence-electron chi connectivity index (χ0n) is 9.71. The summed E-state index contributed by atoms with van der Waals surface area (Å²) in [6.07, 6.45) is 1.94. The van der Waals surface area contributed by atoms with Crippen molar-refractivity contribution in [1.29, 1.82) is 0 Å². The number of likely N-dealkylation sites (tertiary alicyclic amines) is 1. The Hall–Kier alpha value is -1.00. The summed E-state index contributed by atoms with van der Waals surface area (Å²) in [7, 11) is 0. The Labute approximate surface area is 106 Å². The third-order valence-corrected chi connectivity index (χ3v) is 4.01. The Morgan fingerprint density at radius 3 is 2.88 bits per heavy atom. The predicted octanol–water partition coefficient (Wildman–Crippen LogP) is 1.76. The normalized spacial score (nSPS) is 19.6. The van der Waals surface area contributed by atoms with Gasteiger partial charge in [-0.2, -0.15) is 0 Å². The molecule has 2 rings (SSSR count). The molecule has 1 aliphatic rings. The number of nitrogens with zero attached hydrogens (tertiary/aromatic N) is 1.